The highest BCUT2D eigenvalue weighted by atomic mass is 79.9. The van der Waals surface area contributed by atoms with E-state index in [4.69, 9.17) is 0 Å². The molecule has 0 aromatic heterocycles. The predicted octanol–water partition coefficient (Wildman–Crippen LogP) is 0.0251. The van der Waals surface area contributed by atoms with Crippen LogP contribution >= 0.6 is 15.9 Å². The number of alkyl halides is 1. The Morgan fingerprint density at radius 1 is 1.56 bits per heavy atom. The molecule has 0 aromatic rings. The second kappa shape index (κ2) is 2.21. The molecule has 0 atom stereocenters. The summed E-state index contributed by atoms with van der Waals surface area (Å²) in [6.07, 6.45) is 1.23. The Labute approximate surface area is 63.2 Å². The van der Waals surface area contributed by atoms with Gasteiger partial charge in [0.2, 0.25) is 10.0 Å². The number of rotatable bonds is 1. The van der Waals surface area contributed by atoms with Crippen molar-refractivity contribution in [3.8, 4) is 0 Å². The fourth-order valence-corrected chi connectivity index (χ4v) is 2.64. The summed E-state index contributed by atoms with van der Waals surface area (Å²) in [5, 5.41) is 0. The van der Waals surface area contributed by atoms with Crippen LogP contribution in [-0.2, 0) is 10.0 Å². The topological polar surface area (TPSA) is 37.4 Å². The van der Waals surface area contributed by atoms with E-state index in [9.17, 15) is 8.42 Å². The van der Waals surface area contributed by atoms with Crippen LogP contribution in [0.15, 0.2) is 0 Å². The second-order valence-electron chi connectivity index (χ2n) is 2.18. The number of sulfonamides is 1. The summed E-state index contributed by atoms with van der Waals surface area (Å²) in [4.78, 5) is 0.368. The van der Waals surface area contributed by atoms with Gasteiger partial charge in [0.05, 0.1) is 6.26 Å². The summed E-state index contributed by atoms with van der Waals surface area (Å²) in [6.45, 7) is 1.25. The first-order valence-electron chi connectivity index (χ1n) is 2.59. The van der Waals surface area contributed by atoms with Gasteiger partial charge in [0.1, 0.15) is 0 Å². The molecule has 1 rings (SSSR count). The molecule has 54 valence electrons. The summed E-state index contributed by atoms with van der Waals surface area (Å²) < 4.78 is 22.8. The Hall–Kier alpha value is 0.390. The first-order chi connectivity index (χ1) is 4.00. The van der Waals surface area contributed by atoms with E-state index < -0.39 is 10.0 Å². The molecule has 1 aliphatic rings. The quantitative estimate of drug-likeness (QED) is 0.577. The summed E-state index contributed by atoms with van der Waals surface area (Å²) in [5.74, 6) is 0. The van der Waals surface area contributed by atoms with E-state index in [0.29, 0.717) is 17.9 Å². The van der Waals surface area contributed by atoms with Gasteiger partial charge in [-0.2, -0.15) is 4.31 Å². The van der Waals surface area contributed by atoms with Gasteiger partial charge in [-0.05, 0) is 0 Å². The van der Waals surface area contributed by atoms with Crippen molar-refractivity contribution in [2.24, 2.45) is 0 Å². The molecule has 0 aromatic carbocycles. The summed E-state index contributed by atoms with van der Waals surface area (Å²) in [7, 11) is -2.90. The lowest BCUT2D eigenvalue weighted by Crippen LogP contribution is -2.50. The van der Waals surface area contributed by atoms with E-state index in [1.165, 1.54) is 10.6 Å². The third kappa shape index (κ3) is 1.65. The molecular weight excluding hydrogens is 206 g/mol. The predicted molar refractivity (Wildman–Crippen MR) is 39.1 cm³/mol. The van der Waals surface area contributed by atoms with Crippen LogP contribution in [0, 0.1) is 0 Å². The molecule has 0 saturated carbocycles. The molecule has 0 N–H and O–H groups in total. The van der Waals surface area contributed by atoms with Crippen molar-refractivity contribution < 1.29 is 8.42 Å². The van der Waals surface area contributed by atoms with Crippen molar-refractivity contribution in [1.29, 1.82) is 0 Å². The van der Waals surface area contributed by atoms with E-state index >= 15 is 0 Å². The van der Waals surface area contributed by atoms with Gasteiger partial charge in [0, 0.05) is 17.9 Å². The van der Waals surface area contributed by atoms with Crippen LogP contribution in [0.3, 0.4) is 0 Å². The van der Waals surface area contributed by atoms with Gasteiger partial charge in [-0.15, -0.1) is 0 Å². The van der Waals surface area contributed by atoms with Crippen LogP contribution in [0.2, 0.25) is 0 Å². The molecule has 1 heterocycles. The van der Waals surface area contributed by atoms with Gasteiger partial charge < -0.3 is 0 Å². The normalized spacial score (nSPS) is 23.8. The maximum Gasteiger partial charge on any atom is 0.211 e. The zero-order valence-corrected chi connectivity index (χ0v) is 7.44. The van der Waals surface area contributed by atoms with E-state index in [0.717, 1.165) is 0 Å². The Kier molecular flexibility index (Phi) is 1.84. The van der Waals surface area contributed by atoms with Crippen molar-refractivity contribution >= 4 is 26.0 Å². The average Bonchev–Trinajstić information content (AvgIpc) is 1.55. The molecule has 3 nitrogen and oxygen atoms in total. The fourth-order valence-electron chi connectivity index (χ4n) is 0.659. The molecule has 0 unspecified atom stereocenters. The molecule has 5 heteroatoms. The lowest BCUT2D eigenvalue weighted by Gasteiger charge is -2.33. The first kappa shape index (κ1) is 7.50. The lowest BCUT2D eigenvalue weighted by molar-refractivity contribution is 0.327. The Morgan fingerprint density at radius 3 is 2.11 bits per heavy atom. The zero-order chi connectivity index (χ0) is 7.07. The molecule has 0 aliphatic carbocycles. The zero-order valence-electron chi connectivity index (χ0n) is 5.04. The molecular formula is C4H8BrNO2S. The SMILES string of the molecule is CS(=O)(=O)N1CC(Br)C1. The van der Waals surface area contributed by atoms with Crippen molar-refractivity contribution in [3.05, 3.63) is 0 Å². The number of halogens is 1. The van der Waals surface area contributed by atoms with Gasteiger partial charge in [0.15, 0.2) is 0 Å². The highest BCUT2D eigenvalue weighted by molar-refractivity contribution is 9.09. The van der Waals surface area contributed by atoms with Crippen molar-refractivity contribution in [2.75, 3.05) is 19.3 Å². The molecule has 0 bridgehead atoms. The first-order valence-corrected chi connectivity index (χ1v) is 5.36. The van der Waals surface area contributed by atoms with E-state index in [2.05, 4.69) is 15.9 Å². The van der Waals surface area contributed by atoms with E-state index in [-0.39, 0.29) is 0 Å². The Balaban J connectivity index is 2.51. The summed E-state index contributed by atoms with van der Waals surface area (Å²) >= 11 is 3.29. The van der Waals surface area contributed by atoms with Crippen molar-refractivity contribution in [1.82, 2.24) is 4.31 Å². The Bertz CT molecular complexity index is 195. The molecule has 1 saturated heterocycles. The number of nitrogens with zero attached hydrogens (tertiary/aromatic N) is 1. The Morgan fingerprint density at radius 2 is 2.00 bits per heavy atom. The average molecular weight is 214 g/mol. The van der Waals surface area contributed by atoms with Crippen LogP contribution in [-0.4, -0.2) is 36.9 Å². The standard InChI is InChI=1S/C4H8BrNO2S/c1-9(7,8)6-2-4(5)3-6/h4H,2-3H2,1H3. The molecule has 0 amide bonds. The van der Waals surface area contributed by atoms with Crippen LogP contribution in [0.4, 0.5) is 0 Å². The van der Waals surface area contributed by atoms with Crippen LogP contribution in [0.1, 0.15) is 0 Å². The van der Waals surface area contributed by atoms with Crippen LogP contribution in [0.5, 0.6) is 0 Å². The maximum absolute atomic E-state index is 10.7. The largest absolute Gasteiger partial charge is 0.213 e. The minimum Gasteiger partial charge on any atom is -0.213 e. The molecule has 9 heavy (non-hydrogen) atoms. The summed E-state index contributed by atoms with van der Waals surface area (Å²) in [6, 6.07) is 0. The van der Waals surface area contributed by atoms with Gasteiger partial charge >= 0.3 is 0 Å². The fraction of sp³-hybridized carbons (Fsp3) is 1.00. The van der Waals surface area contributed by atoms with E-state index in [1.54, 1.807) is 0 Å². The minimum atomic E-state index is -2.90. The van der Waals surface area contributed by atoms with Crippen LogP contribution in [0.25, 0.3) is 0 Å². The lowest BCUT2D eigenvalue weighted by atomic mass is 10.3. The highest BCUT2D eigenvalue weighted by Gasteiger charge is 2.30. The third-order valence-corrected chi connectivity index (χ3v) is 3.09. The highest BCUT2D eigenvalue weighted by Crippen LogP contribution is 2.18. The smallest absolute Gasteiger partial charge is 0.211 e. The third-order valence-electron chi connectivity index (χ3n) is 1.27. The van der Waals surface area contributed by atoms with Crippen LogP contribution < -0.4 is 0 Å². The number of hydrogen-bond acceptors (Lipinski definition) is 2. The van der Waals surface area contributed by atoms with Gasteiger partial charge in [-0.25, -0.2) is 8.42 Å². The van der Waals surface area contributed by atoms with Crippen molar-refractivity contribution in [2.45, 2.75) is 4.83 Å². The van der Waals surface area contributed by atoms with E-state index in [1.807, 2.05) is 0 Å². The van der Waals surface area contributed by atoms with Gasteiger partial charge in [-0.3, -0.25) is 0 Å². The number of hydrogen-bond donors (Lipinski definition) is 0. The molecule has 1 fully saturated rings. The molecule has 0 spiro atoms. The second-order valence-corrected chi connectivity index (χ2v) is 5.45. The monoisotopic (exact) mass is 213 g/mol. The van der Waals surface area contributed by atoms with Crippen molar-refractivity contribution in [3.63, 3.8) is 0 Å². The van der Waals surface area contributed by atoms with Gasteiger partial charge in [0.25, 0.3) is 0 Å². The molecule has 0 radical (unpaired) electrons. The molecule has 1 aliphatic heterocycles. The van der Waals surface area contributed by atoms with Gasteiger partial charge in [-0.1, -0.05) is 15.9 Å². The minimum absolute atomic E-state index is 0.368. The maximum atomic E-state index is 10.7. The summed E-state index contributed by atoms with van der Waals surface area (Å²) in [5.41, 5.74) is 0.